The molecule has 0 saturated heterocycles. The third-order valence-electron chi connectivity index (χ3n) is 3.04. The Morgan fingerprint density at radius 2 is 1.89 bits per heavy atom. The quantitative estimate of drug-likeness (QED) is 0.888. The fraction of sp³-hybridized carbons (Fsp3) is 0.200. The lowest BCUT2D eigenvalue weighted by Crippen LogP contribution is -2.19. The Hall–Kier alpha value is -1.94. The van der Waals surface area contributed by atoms with E-state index in [1.165, 1.54) is 6.07 Å². The fourth-order valence-electron chi connectivity index (χ4n) is 2.03. The first-order valence-electron chi connectivity index (χ1n) is 6.00. The van der Waals surface area contributed by atoms with E-state index in [4.69, 9.17) is 0 Å². The molecule has 0 aliphatic rings. The van der Waals surface area contributed by atoms with Gasteiger partial charge in [0, 0.05) is 6.04 Å². The van der Waals surface area contributed by atoms with Gasteiger partial charge in [-0.05, 0) is 48.9 Å². The third-order valence-corrected chi connectivity index (χ3v) is 3.04. The van der Waals surface area contributed by atoms with Gasteiger partial charge in [0.1, 0.15) is 5.75 Å². The van der Waals surface area contributed by atoms with E-state index in [-0.39, 0.29) is 11.8 Å². The van der Waals surface area contributed by atoms with Crippen molar-refractivity contribution < 1.29 is 13.9 Å². The van der Waals surface area contributed by atoms with Crippen LogP contribution < -0.4 is 5.32 Å². The number of hydrogen-bond acceptors (Lipinski definition) is 2. The summed E-state index contributed by atoms with van der Waals surface area (Å²) in [5, 5.41) is 12.5. The number of benzene rings is 2. The van der Waals surface area contributed by atoms with Crippen molar-refractivity contribution >= 4 is 0 Å². The lowest BCUT2D eigenvalue weighted by molar-refractivity contribution is 0.473. The second kappa shape index (κ2) is 5.80. The smallest absolute Gasteiger partial charge is 0.159 e. The molecule has 0 bridgehead atoms. The molecule has 1 atom stereocenters. The molecular formula is C15H15F2NO. The van der Waals surface area contributed by atoms with Crippen LogP contribution in [0.15, 0.2) is 42.5 Å². The predicted octanol–water partition coefficient (Wildman–Crippen LogP) is 3.17. The number of nitrogens with one attached hydrogen (secondary N) is 1. The van der Waals surface area contributed by atoms with Crippen molar-refractivity contribution in [1.82, 2.24) is 5.32 Å². The second-order valence-electron chi connectivity index (χ2n) is 4.39. The number of phenolic OH excluding ortho intramolecular Hbond substituents is 1. The van der Waals surface area contributed by atoms with Crippen LogP contribution >= 0.6 is 0 Å². The molecule has 0 spiro atoms. The summed E-state index contributed by atoms with van der Waals surface area (Å²) in [6.45, 7) is 0. The molecule has 100 valence electrons. The number of aromatic hydroxyl groups is 1. The maximum absolute atomic E-state index is 13.2. The molecule has 0 amide bonds. The highest BCUT2D eigenvalue weighted by molar-refractivity contribution is 5.30. The topological polar surface area (TPSA) is 32.3 Å². The summed E-state index contributed by atoms with van der Waals surface area (Å²) < 4.78 is 26.2. The zero-order chi connectivity index (χ0) is 13.8. The van der Waals surface area contributed by atoms with Crippen LogP contribution in [0.5, 0.6) is 5.75 Å². The molecule has 0 aliphatic carbocycles. The van der Waals surface area contributed by atoms with Gasteiger partial charge in [-0.1, -0.05) is 18.2 Å². The summed E-state index contributed by atoms with van der Waals surface area (Å²) in [7, 11) is 1.76. The van der Waals surface area contributed by atoms with Crippen molar-refractivity contribution in [1.29, 1.82) is 0 Å². The summed E-state index contributed by atoms with van der Waals surface area (Å²) in [6.07, 6.45) is 0.579. The van der Waals surface area contributed by atoms with Crippen molar-refractivity contribution in [3.05, 3.63) is 65.2 Å². The Bertz CT molecular complexity index is 572. The van der Waals surface area contributed by atoms with Crippen LogP contribution in [0.1, 0.15) is 17.2 Å². The van der Waals surface area contributed by atoms with E-state index in [0.717, 1.165) is 11.6 Å². The zero-order valence-electron chi connectivity index (χ0n) is 10.5. The normalized spacial score (nSPS) is 12.4. The van der Waals surface area contributed by atoms with Gasteiger partial charge >= 0.3 is 0 Å². The minimum absolute atomic E-state index is 0.142. The molecule has 2 aromatic rings. The van der Waals surface area contributed by atoms with E-state index < -0.39 is 11.6 Å². The fourth-order valence-corrected chi connectivity index (χ4v) is 2.03. The van der Waals surface area contributed by atoms with Gasteiger partial charge in [0.25, 0.3) is 0 Å². The first-order chi connectivity index (χ1) is 9.10. The molecule has 4 heteroatoms. The van der Waals surface area contributed by atoms with Crippen molar-refractivity contribution in [2.75, 3.05) is 7.05 Å². The first kappa shape index (κ1) is 13.5. The molecule has 0 saturated carbocycles. The van der Waals surface area contributed by atoms with E-state index in [9.17, 15) is 13.9 Å². The van der Waals surface area contributed by atoms with Gasteiger partial charge in [0.15, 0.2) is 11.6 Å². The van der Waals surface area contributed by atoms with E-state index in [0.29, 0.717) is 12.0 Å². The standard InChI is InChI=1S/C15H15F2NO/c1-18-15(8-10-3-2-4-12(19)7-10)11-5-6-13(16)14(17)9-11/h2-7,9,15,18-19H,8H2,1H3. The van der Waals surface area contributed by atoms with Gasteiger partial charge < -0.3 is 10.4 Å². The van der Waals surface area contributed by atoms with Crippen LogP contribution in [-0.4, -0.2) is 12.2 Å². The average molecular weight is 263 g/mol. The van der Waals surface area contributed by atoms with Gasteiger partial charge in [-0.25, -0.2) is 8.78 Å². The Kier molecular flexibility index (Phi) is 4.12. The molecule has 19 heavy (non-hydrogen) atoms. The highest BCUT2D eigenvalue weighted by Gasteiger charge is 2.13. The average Bonchev–Trinajstić information content (AvgIpc) is 2.39. The highest BCUT2D eigenvalue weighted by atomic mass is 19.2. The van der Waals surface area contributed by atoms with E-state index in [1.807, 2.05) is 6.07 Å². The van der Waals surface area contributed by atoms with E-state index >= 15 is 0 Å². The van der Waals surface area contributed by atoms with Gasteiger partial charge in [0.2, 0.25) is 0 Å². The van der Waals surface area contributed by atoms with Gasteiger partial charge in [-0.3, -0.25) is 0 Å². The number of likely N-dealkylation sites (N-methyl/N-ethyl adjacent to an activating group) is 1. The molecule has 0 fully saturated rings. The minimum Gasteiger partial charge on any atom is -0.508 e. The molecule has 0 radical (unpaired) electrons. The molecule has 2 nitrogen and oxygen atoms in total. The highest BCUT2D eigenvalue weighted by Crippen LogP contribution is 2.22. The van der Waals surface area contributed by atoms with Crippen LogP contribution in [0.25, 0.3) is 0 Å². The summed E-state index contributed by atoms with van der Waals surface area (Å²) >= 11 is 0. The minimum atomic E-state index is -0.853. The van der Waals surface area contributed by atoms with Gasteiger partial charge in [0.05, 0.1) is 0 Å². The summed E-state index contributed by atoms with van der Waals surface area (Å²) in [4.78, 5) is 0. The molecule has 0 heterocycles. The maximum atomic E-state index is 13.2. The van der Waals surface area contributed by atoms with Gasteiger partial charge in [-0.2, -0.15) is 0 Å². The lowest BCUT2D eigenvalue weighted by atomic mass is 9.98. The van der Waals surface area contributed by atoms with Crippen molar-refractivity contribution in [2.24, 2.45) is 0 Å². The van der Waals surface area contributed by atoms with Crippen LogP contribution in [0.2, 0.25) is 0 Å². The van der Waals surface area contributed by atoms with Crippen LogP contribution in [0.4, 0.5) is 8.78 Å². The second-order valence-corrected chi connectivity index (χ2v) is 4.39. The van der Waals surface area contributed by atoms with Crippen LogP contribution in [0, 0.1) is 11.6 Å². The molecule has 2 rings (SSSR count). The van der Waals surface area contributed by atoms with Crippen LogP contribution in [-0.2, 0) is 6.42 Å². The molecular weight excluding hydrogens is 248 g/mol. The molecule has 2 aromatic carbocycles. The van der Waals surface area contributed by atoms with Crippen molar-refractivity contribution in [3.63, 3.8) is 0 Å². The molecule has 0 aliphatic heterocycles. The number of rotatable bonds is 4. The number of hydrogen-bond donors (Lipinski definition) is 2. The summed E-state index contributed by atoms with van der Waals surface area (Å²) in [5.41, 5.74) is 1.59. The Labute approximate surface area is 110 Å². The first-order valence-corrected chi connectivity index (χ1v) is 6.00. The van der Waals surface area contributed by atoms with Gasteiger partial charge in [-0.15, -0.1) is 0 Å². The van der Waals surface area contributed by atoms with Crippen molar-refractivity contribution in [3.8, 4) is 5.75 Å². The zero-order valence-corrected chi connectivity index (χ0v) is 10.5. The monoisotopic (exact) mass is 263 g/mol. The summed E-state index contributed by atoms with van der Waals surface area (Å²) in [6, 6.07) is 10.6. The molecule has 1 unspecified atom stereocenters. The maximum Gasteiger partial charge on any atom is 0.159 e. The van der Waals surface area contributed by atoms with Crippen molar-refractivity contribution in [2.45, 2.75) is 12.5 Å². The van der Waals surface area contributed by atoms with Crippen LogP contribution in [0.3, 0.4) is 0 Å². The largest absolute Gasteiger partial charge is 0.508 e. The number of halogens is 2. The Morgan fingerprint density at radius 1 is 1.11 bits per heavy atom. The SMILES string of the molecule is CNC(Cc1cccc(O)c1)c1ccc(F)c(F)c1. The number of phenols is 1. The van der Waals surface area contributed by atoms with E-state index in [2.05, 4.69) is 5.32 Å². The predicted molar refractivity (Wildman–Crippen MR) is 70.0 cm³/mol. The Balaban J connectivity index is 2.22. The summed E-state index contributed by atoms with van der Waals surface area (Å²) in [5.74, 6) is -1.51. The third kappa shape index (κ3) is 3.29. The molecule has 0 aromatic heterocycles. The molecule has 2 N–H and O–H groups in total. The Morgan fingerprint density at radius 3 is 2.53 bits per heavy atom. The van der Waals surface area contributed by atoms with E-state index in [1.54, 1.807) is 31.3 Å². The lowest BCUT2D eigenvalue weighted by Gasteiger charge is -2.17.